The van der Waals surface area contributed by atoms with E-state index in [1.54, 1.807) is 0 Å². The molecule has 2 heterocycles. The summed E-state index contributed by atoms with van der Waals surface area (Å²) in [4.78, 5) is 16.5. The van der Waals surface area contributed by atoms with Gasteiger partial charge in [-0.15, -0.1) is 0 Å². The Morgan fingerprint density at radius 3 is 2.72 bits per heavy atom. The van der Waals surface area contributed by atoms with Gasteiger partial charge < -0.3 is 10.2 Å². The predicted molar refractivity (Wildman–Crippen MR) is 73.6 cm³/mol. The fourth-order valence-corrected chi connectivity index (χ4v) is 3.03. The fourth-order valence-electron chi connectivity index (χ4n) is 3.03. The van der Waals surface area contributed by atoms with Crippen LogP contribution in [-0.2, 0) is 4.79 Å². The average Bonchev–Trinajstić information content (AvgIpc) is 2.68. The van der Waals surface area contributed by atoms with Crippen molar-refractivity contribution in [3.63, 3.8) is 0 Å². The maximum Gasteiger partial charge on any atom is 0.236 e. The van der Waals surface area contributed by atoms with E-state index in [0.29, 0.717) is 18.5 Å². The number of carbonyl (C=O) groups is 1. The molecule has 1 atom stereocenters. The highest BCUT2D eigenvalue weighted by Gasteiger charge is 2.22. The van der Waals surface area contributed by atoms with Crippen molar-refractivity contribution < 1.29 is 4.79 Å². The second-order valence-corrected chi connectivity index (χ2v) is 5.69. The first-order valence-corrected chi connectivity index (χ1v) is 7.46. The topological polar surface area (TPSA) is 35.6 Å². The summed E-state index contributed by atoms with van der Waals surface area (Å²) < 4.78 is 0. The summed E-state index contributed by atoms with van der Waals surface area (Å²) in [5.41, 5.74) is 0. The highest BCUT2D eigenvalue weighted by Crippen LogP contribution is 2.13. The van der Waals surface area contributed by atoms with Gasteiger partial charge in [-0.1, -0.05) is 0 Å². The lowest BCUT2D eigenvalue weighted by molar-refractivity contribution is -0.133. The summed E-state index contributed by atoms with van der Waals surface area (Å²) in [6.45, 7) is 4.76. The summed E-state index contributed by atoms with van der Waals surface area (Å²) in [6, 6.07) is 0.578. The molecule has 0 aliphatic carbocycles. The van der Waals surface area contributed by atoms with Crippen LogP contribution in [0.4, 0.5) is 0 Å². The highest BCUT2D eigenvalue weighted by molar-refractivity contribution is 5.78. The molecule has 2 rings (SSSR count). The number of hydrogen-bond donors (Lipinski definition) is 1. The molecule has 4 nitrogen and oxygen atoms in total. The molecule has 0 aromatic rings. The molecule has 0 spiro atoms. The van der Waals surface area contributed by atoms with Gasteiger partial charge in [0, 0.05) is 19.1 Å². The van der Waals surface area contributed by atoms with Gasteiger partial charge in [0.1, 0.15) is 0 Å². The maximum atomic E-state index is 12.2. The van der Waals surface area contributed by atoms with Gasteiger partial charge in [-0.25, -0.2) is 0 Å². The first-order valence-electron chi connectivity index (χ1n) is 7.46. The van der Waals surface area contributed by atoms with E-state index in [9.17, 15) is 4.79 Å². The molecule has 0 saturated carbocycles. The molecule has 2 fully saturated rings. The number of rotatable bonds is 3. The van der Waals surface area contributed by atoms with Gasteiger partial charge in [0.2, 0.25) is 5.91 Å². The van der Waals surface area contributed by atoms with Crippen molar-refractivity contribution in [2.24, 2.45) is 0 Å². The lowest BCUT2D eigenvalue weighted by atomic mass is 10.1. The Hall–Kier alpha value is -0.610. The number of hydrogen-bond acceptors (Lipinski definition) is 3. The zero-order valence-corrected chi connectivity index (χ0v) is 11.7. The largest absolute Gasteiger partial charge is 0.342 e. The SMILES string of the molecule is CN(CC(=O)N1CCCCC1)C1CCCNCC1. The highest BCUT2D eigenvalue weighted by atomic mass is 16.2. The third kappa shape index (κ3) is 3.95. The van der Waals surface area contributed by atoms with Crippen molar-refractivity contribution in [3.8, 4) is 0 Å². The monoisotopic (exact) mass is 253 g/mol. The van der Waals surface area contributed by atoms with Crippen LogP contribution in [0.1, 0.15) is 38.5 Å². The van der Waals surface area contributed by atoms with E-state index in [1.807, 2.05) is 0 Å². The summed E-state index contributed by atoms with van der Waals surface area (Å²) >= 11 is 0. The van der Waals surface area contributed by atoms with Crippen molar-refractivity contribution >= 4 is 5.91 Å². The molecule has 0 radical (unpaired) electrons. The van der Waals surface area contributed by atoms with Crippen molar-refractivity contribution in [2.75, 3.05) is 39.8 Å². The third-order valence-electron chi connectivity index (χ3n) is 4.26. The van der Waals surface area contributed by atoms with Crippen LogP contribution in [0.25, 0.3) is 0 Å². The summed E-state index contributed by atoms with van der Waals surface area (Å²) in [6.07, 6.45) is 7.27. The number of carbonyl (C=O) groups excluding carboxylic acids is 1. The van der Waals surface area contributed by atoms with E-state index in [1.165, 1.54) is 38.5 Å². The van der Waals surface area contributed by atoms with Crippen molar-refractivity contribution in [3.05, 3.63) is 0 Å². The van der Waals surface area contributed by atoms with Crippen LogP contribution in [0.15, 0.2) is 0 Å². The van der Waals surface area contributed by atoms with Gasteiger partial charge in [-0.2, -0.15) is 0 Å². The molecular formula is C14H27N3O. The van der Waals surface area contributed by atoms with Gasteiger partial charge in [-0.3, -0.25) is 9.69 Å². The fraction of sp³-hybridized carbons (Fsp3) is 0.929. The minimum absolute atomic E-state index is 0.328. The second kappa shape index (κ2) is 7.10. The lowest BCUT2D eigenvalue weighted by Gasteiger charge is -2.31. The molecule has 1 N–H and O–H groups in total. The predicted octanol–water partition coefficient (Wildman–Crippen LogP) is 1.07. The Kier molecular flexibility index (Phi) is 5.45. The Morgan fingerprint density at radius 2 is 1.94 bits per heavy atom. The summed E-state index contributed by atoms with van der Waals surface area (Å²) in [5.74, 6) is 0.328. The first kappa shape index (κ1) is 13.8. The van der Waals surface area contributed by atoms with Crippen LogP contribution >= 0.6 is 0 Å². The zero-order valence-electron chi connectivity index (χ0n) is 11.7. The van der Waals surface area contributed by atoms with E-state index in [-0.39, 0.29) is 0 Å². The maximum absolute atomic E-state index is 12.2. The molecule has 1 unspecified atom stereocenters. The normalized spacial score (nSPS) is 26.1. The Bertz CT molecular complexity index is 256. The molecular weight excluding hydrogens is 226 g/mol. The molecule has 0 aromatic heterocycles. The second-order valence-electron chi connectivity index (χ2n) is 5.69. The van der Waals surface area contributed by atoms with Gasteiger partial charge in [0.25, 0.3) is 0 Å². The molecule has 2 aliphatic rings. The molecule has 0 bridgehead atoms. The molecule has 104 valence electrons. The van der Waals surface area contributed by atoms with E-state index < -0.39 is 0 Å². The molecule has 4 heteroatoms. The van der Waals surface area contributed by atoms with Gasteiger partial charge in [0.15, 0.2) is 0 Å². The van der Waals surface area contributed by atoms with E-state index in [0.717, 1.165) is 26.2 Å². The van der Waals surface area contributed by atoms with Gasteiger partial charge in [-0.05, 0) is 58.7 Å². The van der Waals surface area contributed by atoms with Crippen LogP contribution in [0, 0.1) is 0 Å². The first-order chi connectivity index (χ1) is 8.77. The summed E-state index contributed by atoms with van der Waals surface area (Å²) in [7, 11) is 2.11. The van der Waals surface area contributed by atoms with Crippen LogP contribution in [-0.4, -0.2) is 61.5 Å². The van der Waals surface area contributed by atoms with Crippen LogP contribution in [0.3, 0.4) is 0 Å². The lowest BCUT2D eigenvalue weighted by Crippen LogP contribution is -2.44. The van der Waals surface area contributed by atoms with Gasteiger partial charge in [0.05, 0.1) is 6.54 Å². The number of likely N-dealkylation sites (N-methyl/N-ethyl adjacent to an activating group) is 1. The number of nitrogens with zero attached hydrogens (tertiary/aromatic N) is 2. The number of piperidine rings is 1. The van der Waals surface area contributed by atoms with Crippen molar-refractivity contribution in [1.82, 2.24) is 15.1 Å². The standard InChI is InChI=1S/C14H27N3O/c1-16(13-6-5-8-15-9-7-13)12-14(18)17-10-3-2-4-11-17/h13,15H,2-12H2,1H3. The third-order valence-corrected chi connectivity index (χ3v) is 4.26. The Morgan fingerprint density at radius 1 is 1.17 bits per heavy atom. The smallest absolute Gasteiger partial charge is 0.236 e. The Balaban J connectivity index is 1.77. The quantitative estimate of drug-likeness (QED) is 0.817. The molecule has 2 aliphatic heterocycles. The minimum Gasteiger partial charge on any atom is -0.342 e. The molecule has 0 aromatic carbocycles. The van der Waals surface area contributed by atoms with Crippen LogP contribution < -0.4 is 5.32 Å². The van der Waals surface area contributed by atoms with Crippen molar-refractivity contribution in [1.29, 1.82) is 0 Å². The van der Waals surface area contributed by atoms with Crippen LogP contribution in [0.5, 0.6) is 0 Å². The van der Waals surface area contributed by atoms with Crippen molar-refractivity contribution in [2.45, 2.75) is 44.6 Å². The van der Waals surface area contributed by atoms with E-state index in [4.69, 9.17) is 0 Å². The number of nitrogens with one attached hydrogen (secondary N) is 1. The van der Waals surface area contributed by atoms with E-state index in [2.05, 4.69) is 22.2 Å². The minimum atomic E-state index is 0.328. The molecule has 2 saturated heterocycles. The number of likely N-dealkylation sites (tertiary alicyclic amines) is 1. The average molecular weight is 253 g/mol. The molecule has 18 heavy (non-hydrogen) atoms. The van der Waals surface area contributed by atoms with Crippen LogP contribution in [0.2, 0.25) is 0 Å². The van der Waals surface area contributed by atoms with E-state index >= 15 is 0 Å². The summed E-state index contributed by atoms with van der Waals surface area (Å²) in [5, 5.41) is 3.43. The zero-order chi connectivity index (χ0) is 12.8. The van der Waals surface area contributed by atoms with Gasteiger partial charge >= 0.3 is 0 Å². The Labute approximate surface area is 111 Å². The molecule has 1 amide bonds. The number of amides is 1.